The Labute approximate surface area is 124 Å². The molecule has 3 rings (SSSR count). The molecule has 1 aromatic rings. The molecule has 1 saturated carbocycles. The van der Waals surface area contributed by atoms with Crippen molar-refractivity contribution in [1.82, 2.24) is 15.5 Å². The summed E-state index contributed by atoms with van der Waals surface area (Å²) in [6.07, 6.45) is 4.28. The van der Waals surface area contributed by atoms with Crippen LogP contribution >= 0.6 is 11.3 Å². The first-order chi connectivity index (χ1) is 9.46. The molecule has 2 amide bonds. The van der Waals surface area contributed by atoms with Crippen molar-refractivity contribution in [1.29, 1.82) is 0 Å². The van der Waals surface area contributed by atoms with Crippen molar-refractivity contribution in [2.75, 3.05) is 20.6 Å². The van der Waals surface area contributed by atoms with E-state index in [1.807, 2.05) is 11.3 Å². The maximum atomic E-state index is 11.5. The van der Waals surface area contributed by atoms with Crippen molar-refractivity contribution >= 4 is 17.4 Å². The summed E-state index contributed by atoms with van der Waals surface area (Å²) in [5.74, 6) is 0. The molecule has 1 aromatic heterocycles. The fourth-order valence-corrected chi connectivity index (χ4v) is 4.82. The van der Waals surface area contributed by atoms with E-state index in [9.17, 15) is 4.79 Å². The summed E-state index contributed by atoms with van der Waals surface area (Å²) in [5, 5.41) is 6.06. The van der Waals surface area contributed by atoms with Gasteiger partial charge in [0.2, 0.25) is 0 Å². The van der Waals surface area contributed by atoms with Crippen LogP contribution in [-0.2, 0) is 5.54 Å². The van der Waals surface area contributed by atoms with Gasteiger partial charge in [-0.1, -0.05) is 0 Å². The maximum Gasteiger partial charge on any atom is 0.315 e. The standard InChI is InChI=1S/C15H23N3OS/c1-11-4-5-12(20-11)15(18(2)3)8-6-14(7-9-15)10-16-13(19)17-14/h4-5H,6-10H2,1-3H3,(H2,16,17,19)/t14-,15+. The Kier molecular flexibility index (Phi) is 3.29. The van der Waals surface area contributed by atoms with Crippen LogP contribution in [0.15, 0.2) is 12.1 Å². The third kappa shape index (κ3) is 2.13. The van der Waals surface area contributed by atoms with E-state index in [1.165, 1.54) is 9.75 Å². The fraction of sp³-hybridized carbons (Fsp3) is 0.667. The summed E-state index contributed by atoms with van der Waals surface area (Å²) in [7, 11) is 4.36. The molecule has 0 atom stereocenters. The van der Waals surface area contributed by atoms with E-state index in [0.29, 0.717) is 0 Å². The molecule has 0 aromatic carbocycles. The molecule has 110 valence electrons. The van der Waals surface area contributed by atoms with Gasteiger partial charge in [0.05, 0.1) is 11.1 Å². The summed E-state index contributed by atoms with van der Waals surface area (Å²) in [6, 6.07) is 4.49. The van der Waals surface area contributed by atoms with Gasteiger partial charge in [0.25, 0.3) is 0 Å². The van der Waals surface area contributed by atoms with E-state index >= 15 is 0 Å². The lowest BCUT2D eigenvalue weighted by molar-refractivity contribution is 0.0684. The van der Waals surface area contributed by atoms with Gasteiger partial charge in [-0.2, -0.15) is 0 Å². The lowest BCUT2D eigenvalue weighted by atomic mass is 9.71. The Bertz CT molecular complexity index is 515. The SMILES string of the molecule is Cc1ccc([C@]2(N(C)C)CC[C@@]3(CC2)CNC(=O)N3)s1. The Hall–Kier alpha value is -1.07. The topological polar surface area (TPSA) is 44.4 Å². The molecule has 2 fully saturated rings. The molecule has 0 unspecified atom stereocenters. The highest BCUT2D eigenvalue weighted by Crippen LogP contribution is 2.46. The van der Waals surface area contributed by atoms with Crippen LogP contribution in [0, 0.1) is 6.92 Å². The first kappa shape index (κ1) is 13.9. The zero-order chi connectivity index (χ0) is 14.4. The minimum absolute atomic E-state index is 0.00526. The van der Waals surface area contributed by atoms with Gasteiger partial charge in [-0.3, -0.25) is 4.90 Å². The first-order valence-corrected chi connectivity index (χ1v) is 8.08. The van der Waals surface area contributed by atoms with Gasteiger partial charge >= 0.3 is 6.03 Å². The molecule has 1 aliphatic carbocycles. The van der Waals surface area contributed by atoms with Crippen LogP contribution < -0.4 is 10.6 Å². The zero-order valence-corrected chi connectivity index (χ0v) is 13.3. The van der Waals surface area contributed by atoms with E-state index in [4.69, 9.17) is 0 Å². The lowest BCUT2D eigenvalue weighted by Crippen LogP contribution is -2.53. The van der Waals surface area contributed by atoms with Crippen LogP contribution in [0.2, 0.25) is 0 Å². The van der Waals surface area contributed by atoms with E-state index < -0.39 is 0 Å². The van der Waals surface area contributed by atoms with Crippen LogP contribution in [0.5, 0.6) is 0 Å². The monoisotopic (exact) mass is 293 g/mol. The Balaban J connectivity index is 1.83. The molecule has 1 saturated heterocycles. The second-order valence-electron chi connectivity index (χ2n) is 6.42. The number of carbonyl (C=O) groups is 1. The summed E-state index contributed by atoms with van der Waals surface area (Å²) >= 11 is 1.91. The van der Waals surface area contributed by atoms with Gasteiger partial charge in [0, 0.05) is 16.3 Å². The highest BCUT2D eigenvalue weighted by Gasteiger charge is 2.48. The van der Waals surface area contributed by atoms with Crippen LogP contribution in [0.4, 0.5) is 4.79 Å². The van der Waals surface area contributed by atoms with Gasteiger partial charge < -0.3 is 10.6 Å². The van der Waals surface area contributed by atoms with Crippen molar-refractivity contribution in [3.05, 3.63) is 21.9 Å². The maximum absolute atomic E-state index is 11.5. The molecule has 1 aliphatic heterocycles. The van der Waals surface area contributed by atoms with E-state index in [0.717, 1.165) is 32.2 Å². The molecule has 0 radical (unpaired) electrons. The quantitative estimate of drug-likeness (QED) is 0.879. The number of carbonyl (C=O) groups excluding carboxylic acids is 1. The first-order valence-electron chi connectivity index (χ1n) is 7.26. The minimum atomic E-state index is -0.0110. The number of rotatable bonds is 2. The Morgan fingerprint density at radius 2 is 1.90 bits per heavy atom. The normalized spacial score (nSPS) is 33.5. The number of thiophene rings is 1. The average molecular weight is 293 g/mol. The molecule has 1 spiro atoms. The van der Waals surface area contributed by atoms with Crippen LogP contribution in [-0.4, -0.2) is 37.1 Å². The van der Waals surface area contributed by atoms with Crippen LogP contribution in [0.25, 0.3) is 0 Å². The smallest absolute Gasteiger partial charge is 0.315 e. The number of nitrogens with zero attached hydrogens (tertiary/aromatic N) is 1. The summed E-state index contributed by atoms with van der Waals surface area (Å²) in [6.45, 7) is 2.95. The number of hydrogen-bond donors (Lipinski definition) is 2. The van der Waals surface area contributed by atoms with Crippen LogP contribution in [0.3, 0.4) is 0 Å². The molecular formula is C15H23N3OS. The van der Waals surface area contributed by atoms with E-state index in [1.54, 1.807) is 0 Å². The van der Waals surface area contributed by atoms with Gasteiger partial charge in [0.15, 0.2) is 0 Å². The van der Waals surface area contributed by atoms with E-state index in [-0.39, 0.29) is 17.1 Å². The Morgan fingerprint density at radius 1 is 1.20 bits per heavy atom. The van der Waals surface area contributed by atoms with Gasteiger partial charge in [-0.25, -0.2) is 4.79 Å². The molecule has 20 heavy (non-hydrogen) atoms. The van der Waals surface area contributed by atoms with Crippen molar-refractivity contribution < 1.29 is 4.79 Å². The highest BCUT2D eigenvalue weighted by atomic mass is 32.1. The summed E-state index contributed by atoms with van der Waals surface area (Å²) in [4.78, 5) is 16.7. The second kappa shape index (κ2) is 4.74. The molecule has 5 heteroatoms. The largest absolute Gasteiger partial charge is 0.336 e. The van der Waals surface area contributed by atoms with Gasteiger partial charge in [-0.15, -0.1) is 11.3 Å². The molecule has 2 heterocycles. The third-order valence-corrected chi connectivity index (χ3v) is 6.25. The molecular weight excluding hydrogens is 270 g/mol. The number of nitrogens with one attached hydrogen (secondary N) is 2. The Morgan fingerprint density at radius 3 is 2.35 bits per heavy atom. The number of hydrogen-bond acceptors (Lipinski definition) is 3. The van der Waals surface area contributed by atoms with Crippen molar-refractivity contribution in [3.63, 3.8) is 0 Å². The molecule has 0 bridgehead atoms. The average Bonchev–Trinajstić information content (AvgIpc) is 2.98. The summed E-state index contributed by atoms with van der Waals surface area (Å²) in [5.41, 5.74) is 0.125. The predicted molar refractivity (Wildman–Crippen MR) is 82.2 cm³/mol. The number of aryl methyl sites for hydroxylation is 1. The van der Waals surface area contributed by atoms with Crippen molar-refractivity contribution in [2.45, 2.75) is 43.7 Å². The fourth-order valence-electron chi connectivity index (χ4n) is 3.62. The lowest BCUT2D eigenvalue weighted by Gasteiger charge is -2.47. The molecule has 2 aliphatic rings. The van der Waals surface area contributed by atoms with Crippen molar-refractivity contribution in [2.24, 2.45) is 0 Å². The molecule has 4 nitrogen and oxygen atoms in total. The van der Waals surface area contributed by atoms with Gasteiger partial charge in [0.1, 0.15) is 0 Å². The molecule has 2 N–H and O–H groups in total. The summed E-state index contributed by atoms with van der Waals surface area (Å²) < 4.78 is 0. The van der Waals surface area contributed by atoms with Gasteiger partial charge in [-0.05, 0) is 58.8 Å². The highest BCUT2D eigenvalue weighted by molar-refractivity contribution is 7.12. The van der Waals surface area contributed by atoms with Crippen molar-refractivity contribution in [3.8, 4) is 0 Å². The zero-order valence-electron chi connectivity index (χ0n) is 12.5. The minimum Gasteiger partial charge on any atom is -0.336 e. The second-order valence-corrected chi connectivity index (χ2v) is 7.71. The third-order valence-electron chi connectivity index (χ3n) is 5.06. The van der Waals surface area contributed by atoms with E-state index in [2.05, 4.69) is 48.7 Å². The van der Waals surface area contributed by atoms with Crippen LogP contribution in [0.1, 0.15) is 35.4 Å². The number of amides is 2. The number of urea groups is 1. The predicted octanol–water partition coefficient (Wildman–Crippen LogP) is 2.44.